The van der Waals surface area contributed by atoms with E-state index in [1.54, 1.807) is 13.0 Å². The third-order valence-electron chi connectivity index (χ3n) is 3.83. The Bertz CT molecular complexity index is 468. The van der Waals surface area contributed by atoms with Crippen LogP contribution in [0.2, 0.25) is 0 Å². The Labute approximate surface area is 126 Å². The van der Waals surface area contributed by atoms with Crippen molar-refractivity contribution >= 4 is 11.9 Å². The zero-order valence-electron chi connectivity index (χ0n) is 14.0. The highest BCUT2D eigenvalue weighted by molar-refractivity contribution is 5.95. The first-order chi connectivity index (χ1) is 9.37. The van der Waals surface area contributed by atoms with Crippen molar-refractivity contribution < 1.29 is 19.4 Å². The quantitative estimate of drug-likeness (QED) is 0.779. The van der Waals surface area contributed by atoms with Gasteiger partial charge in [0.25, 0.3) is 5.91 Å². The Morgan fingerprint density at radius 1 is 1.33 bits per heavy atom. The molecule has 0 bridgehead atoms. The summed E-state index contributed by atoms with van der Waals surface area (Å²) in [5, 5.41) is 13.1. The molecule has 5 heteroatoms. The Hall–Kier alpha value is -1.36. The summed E-state index contributed by atoms with van der Waals surface area (Å²) in [7, 11) is 0. The smallest absolute Gasteiger partial charge is 0.335 e. The summed E-state index contributed by atoms with van der Waals surface area (Å²) in [5.74, 6) is -1.01. The van der Waals surface area contributed by atoms with Crippen molar-refractivity contribution in [3.8, 4) is 0 Å². The fraction of sp³-hybridized carbons (Fsp3) is 0.750. The second-order valence-electron chi connectivity index (χ2n) is 7.54. The number of carbonyl (C=O) groups is 2. The molecule has 2 unspecified atom stereocenters. The summed E-state index contributed by atoms with van der Waals surface area (Å²) in [6, 6.07) is 0. The molecule has 0 spiro atoms. The zero-order chi connectivity index (χ0) is 16.6. The number of aliphatic hydroxyl groups is 1. The van der Waals surface area contributed by atoms with Gasteiger partial charge in [-0.05, 0) is 18.4 Å². The molecular weight excluding hydrogens is 270 g/mol. The topological polar surface area (TPSA) is 75.6 Å². The summed E-state index contributed by atoms with van der Waals surface area (Å²) in [4.78, 5) is 24.3. The number of rotatable bonds is 3. The van der Waals surface area contributed by atoms with Crippen molar-refractivity contribution in [3.05, 3.63) is 11.6 Å². The average molecular weight is 297 g/mol. The van der Waals surface area contributed by atoms with E-state index in [1.807, 2.05) is 41.5 Å². The van der Waals surface area contributed by atoms with E-state index < -0.39 is 34.4 Å². The predicted octanol–water partition coefficient (Wildman–Crippen LogP) is 1.80. The van der Waals surface area contributed by atoms with Crippen LogP contribution in [0.1, 0.15) is 48.5 Å². The van der Waals surface area contributed by atoms with Gasteiger partial charge in [-0.15, -0.1) is 0 Å². The number of ether oxygens (including phenoxy) is 1. The molecule has 120 valence electrons. The third kappa shape index (κ3) is 3.12. The minimum absolute atomic E-state index is 0.403. The van der Waals surface area contributed by atoms with Crippen molar-refractivity contribution in [1.29, 1.82) is 0 Å². The van der Waals surface area contributed by atoms with Gasteiger partial charge in [-0.2, -0.15) is 0 Å². The standard InChI is InChI=1S/C16H27NO4/c1-8-17-12(19)11(18)16(15(5,6)7)9-10(13(20)21-16)14(2,3)4/h9,11,18H,8H2,1-7H3,(H,17,19). The molecule has 0 saturated heterocycles. The maximum Gasteiger partial charge on any atom is 0.335 e. The minimum Gasteiger partial charge on any atom is -0.447 e. The number of amides is 1. The second kappa shape index (κ2) is 5.44. The van der Waals surface area contributed by atoms with Gasteiger partial charge in [-0.3, -0.25) is 4.79 Å². The molecule has 2 N–H and O–H groups in total. The normalized spacial score (nSPS) is 24.4. The number of aliphatic hydroxyl groups excluding tert-OH is 1. The van der Waals surface area contributed by atoms with Crippen LogP contribution in [0, 0.1) is 10.8 Å². The lowest BCUT2D eigenvalue weighted by atomic mass is 9.71. The van der Waals surface area contributed by atoms with Gasteiger partial charge >= 0.3 is 5.97 Å². The molecule has 0 radical (unpaired) electrons. The van der Waals surface area contributed by atoms with Crippen LogP contribution in [0.25, 0.3) is 0 Å². The van der Waals surface area contributed by atoms with E-state index in [4.69, 9.17) is 4.74 Å². The van der Waals surface area contributed by atoms with Gasteiger partial charge in [-0.25, -0.2) is 4.79 Å². The molecule has 1 aliphatic rings. The predicted molar refractivity (Wildman–Crippen MR) is 80.5 cm³/mol. The number of cyclic esters (lactones) is 1. The second-order valence-corrected chi connectivity index (χ2v) is 7.54. The molecule has 1 heterocycles. The minimum atomic E-state index is -1.44. The molecule has 0 aromatic rings. The fourth-order valence-corrected chi connectivity index (χ4v) is 2.41. The monoisotopic (exact) mass is 297 g/mol. The molecule has 5 nitrogen and oxygen atoms in total. The lowest BCUT2D eigenvalue weighted by Crippen LogP contribution is -2.58. The molecule has 21 heavy (non-hydrogen) atoms. The van der Waals surface area contributed by atoms with Crippen LogP contribution < -0.4 is 5.32 Å². The number of nitrogens with one attached hydrogen (secondary N) is 1. The molecule has 1 aliphatic heterocycles. The Kier molecular flexibility index (Phi) is 4.59. The largest absolute Gasteiger partial charge is 0.447 e. The van der Waals surface area contributed by atoms with Crippen LogP contribution in [0.5, 0.6) is 0 Å². The van der Waals surface area contributed by atoms with Crippen LogP contribution in [-0.2, 0) is 14.3 Å². The number of hydrogen-bond donors (Lipinski definition) is 2. The maximum atomic E-state index is 12.2. The van der Waals surface area contributed by atoms with Crippen molar-refractivity contribution in [1.82, 2.24) is 5.32 Å². The molecule has 2 atom stereocenters. The molecule has 0 aromatic heterocycles. The molecule has 0 saturated carbocycles. The highest BCUT2D eigenvalue weighted by atomic mass is 16.6. The first-order valence-electron chi connectivity index (χ1n) is 7.29. The van der Waals surface area contributed by atoms with Gasteiger partial charge < -0.3 is 15.2 Å². The summed E-state index contributed by atoms with van der Waals surface area (Å²) >= 11 is 0. The van der Waals surface area contributed by atoms with Gasteiger partial charge in [0, 0.05) is 17.5 Å². The van der Waals surface area contributed by atoms with Crippen LogP contribution in [-0.4, -0.2) is 35.2 Å². The highest BCUT2D eigenvalue weighted by Gasteiger charge is 2.57. The van der Waals surface area contributed by atoms with E-state index >= 15 is 0 Å². The van der Waals surface area contributed by atoms with Gasteiger partial charge in [0.2, 0.25) is 0 Å². The number of carbonyl (C=O) groups excluding carboxylic acids is 2. The Balaban J connectivity index is 3.36. The zero-order valence-corrected chi connectivity index (χ0v) is 14.0. The summed E-state index contributed by atoms with van der Waals surface area (Å²) in [5.41, 5.74) is -1.90. The van der Waals surface area contributed by atoms with Gasteiger partial charge in [0.15, 0.2) is 11.7 Å². The van der Waals surface area contributed by atoms with Gasteiger partial charge in [-0.1, -0.05) is 41.5 Å². The van der Waals surface area contributed by atoms with E-state index in [1.165, 1.54) is 0 Å². The van der Waals surface area contributed by atoms with E-state index in [2.05, 4.69) is 5.32 Å². The molecule has 0 aliphatic carbocycles. The van der Waals surface area contributed by atoms with E-state index in [0.717, 1.165) is 0 Å². The average Bonchev–Trinajstić information content (AvgIpc) is 2.66. The van der Waals surface area contributed by atoms with Crippen molar-refractivity contribution in [2.45, 2.75) is 60.2 Å². The van der Waals surface area contributed by atoms with E-state index in [0.29, 0.717) is 12.1 Å². The Morgan fingerprint density at radius 3 is 2.19 bits per heavy atom. The van der Waals surface area contributed by atoms with Crippen LogP contribution in [0.15, 0.2) is 11.6 Å². The SMILES string of the molecule is CCNC(=O)C(O)C1(C(C)(C)C)C=C(C(C)(C)C)C(=O)O1. The first kappa shape index (κ1) is 17.7. The number of hydrogen-bond acceptors (Lipinski definition) is 4. The third-order valence-corrected chi connectivity index (χ3v) is 3.83. The van der Waals surface area contributed by atoms with Crippen molar-refractivity contribution in [2.24, 2.45) is 10.8 Å². The molecule has 1 amide bonds. The lowest BCUT2D eigenvalue weighted by molar-refractivity contribution is -0.176. The maximum absolute atomic E-state index is 12.2. The number of esters is 1. The molecule has 0 fully saturated rings. The van der Waals surface area contributed by atoms with Crippen LogP contribution >= 0.6 is 0 Å². The number of likely N-dealkylation sites (N-methyl/N-ethyl adjacent to an activating group) is 1. The molecule has 1 rings (SSSR count). The van der Waals surface area contributed by atoms with Crippen LogP contribution in [0.4, 0.5) is 0 Å². The summed E-state index contributed by atoms with van der Waals surface area (Å²) in [6.07, 6.45) is 0.191. The lowest BCUT2D eigenvalue weighted by Gasteiger charge is -2.41. The molecular formula is C16H27NO4. The van der Waals surface area contributed by atoms with Gasteiger partial charge in [0.1, 0.15) is 0 Å². The first-order valence-corrected chi connectivity index (χ1v) is 7.29. The van der Waals surface area contributed by atoms with Crippen molar-refractivity contribution in [2.75, 3.05) is 6.54 Å². The van der Waals surface area contributed by atoms with Gasteiger partial charge in [0.05, 0.1) is 0 Å². The fourth-order valence-electron chi connectivity index (χ4n) is 2.41. The van der Waals surface area contributed by atoms with Crippen molar-refractivity contribution in [3.63, 3.8) is 0 Å². The van der Waals surface area contributed by atoms with E-state index in [-0.39, 0.29) is 0 Å². The Morgan fingerprint density at radius 2 is 1.86 bits per heavy atom. The summed E-state index contributed by atoms with van der Waals surface area (Å²) < 4.78 is 5.54. The molecule has 0 aromatic carbocycles. The highest BCUT2D eigenvalue weighted by Crippen LogP contribution is 2.46. The van der Waals surface area contributed by atoms with Crippen LogP contribution in [0.3, 0.4) is 0 Å². The van der Waals surface area contributed by atoms with E-state index in [9.17, 15) is 14.7 Å². The summed E-state index contributed by atoms with van der Waals surface area (Å²) in [6.45, 7) is 13.4.